The molecular weight excluding hydrogens is 192 g/mol. The number of carboxylic acid groups (broad SMARTS) is 1. The van der Waals surface area contributed by atoms with Gasteiger partial charge in [0.15, 0.2) is 0 Å². The fourth-order valence-electron chi connectivity index (χ4n) is 1.03. The van der Waals surface area contributed by atoms with Crippen LogP contribution in [0.5, 0.6) is 0 Å². The molecule has 0 bridgehead atoms. The van der Waals surface area contributed by atoms with Crippen molar-refractivity contribution < 1.29 is 9.90 Å². The van der Waals surface area contributed by atoms with Crippen molar-refractivity contribution in [2.24, 2.45) is 5.73 Å². The summed E-state index contributed by atoms with van der Waals surface area (Å²) in [5.41, 5.74) is 4.57. The SMILES string of the molecule is NCC(=O)O.c1ccc2cnccc2c1. The summed E-state index contributed by atoms with van der Waals surface area (Å²) in [6, 6.07) is 10.2. The molecule has 0 saturated carbocycles. The topological polar surface area (TPSA) is 76.2 Å². The van der Waals surface area contributed by atoms with Crippen molar-refractivity contribution in [1.29, 1.82) is 0 Å². The van der Waals surface area contributed by atoms with Crippen LogP contribution in [-0.2, 0) is 4.79 Å². The van der Waals surface area contributed by atoms with Gasteiger partial charge >= 0.3 is 5.97 Å². The van der Waals surface area contributed by atoms with Gasteiger partial charge in [0.1, 0.15) is 0 Å². The summed E-state index contributed by atoms with van der Waals surface area (Å²) in [6.45, 7) is -0.278. The number of nitrogens with two attached hydrogens (primary N) is 1. The number of carbonyl (C=O) groups is 1. The number of rotatable bonds is 1. The summed E-state index contributed by atoms with van der Waals surface area (Å²) in [5, 5.41) is 10.0. The number of hydrogen-bond acceptors (Lipinski definition) is 3. The van der Waals surface area contributed by atoms with Crippen LogP contribution in [0.25, 0.3) is 10.8 Å². The van der Waals surface area contributed by atoms with E-state index >= 15 is 0 Å². The zero-order valence-corrected chi connectivity index (χ0v) is 8.13. The zero-order valence-electron chi connectivity index (χ0n) is 8.13. The maximum Gasteiger partial charge on any atom is 0.317 e. The van der Waals surface area contributed by atoms with Gasteiger partial charge in [0.05, 0.1) is 6.54 Å². The second-order valence-electron chi connectivity index (χ2n) is 2.82. The number of aromatic nitrogens is 1. The number of nitrogens with zero attached hydrogens (tertiary/aromatic N) is 1. The predicted octanol–water partition coefficient (Wildman–Crippen LogP) is 1.26. The molecule has 0 aliphatic heterocycles. The lowest BCUT2D eigenvalue weighted by Crippen LogP contribution is -2.10. The maximum atomic E-state index is 9.24. The van der Waals surface area contributed by atoms with Gasteiger partial charge in [-0.25, -0.2) is 0 Å². The largest absolute Gasteiger partial charge is 0.480 e. The molecule has 2 rings (SSSR count). The summed E-state index contributed by atoms with van der Waals surface area (Å²) < 4.78 is 0. The molecule has 4 nitrogen and oxygen atoms in total. The zero-order chi connectivity index (χ0) is 11.1. The van der Waals surface area contributed by atoms with Crippen LogP contribution in [0.4, 0.5) is 0 Å². The smallest absolute Gasteiger partial charge is 0.317 e. The van der Waals surface area contributed by atoms with Crippen LogP contribution < -0.4 is 5.73 Å². The van der Waals surface area contributed by atoms with Gasteiger partial charge in [-0.3, -0.25) is 9.78 Å². The maximum absolute atomic E-state index is 9.24. The third-order valence-corrected chi connectivity index (χ3v) is 1.72. The first-order valence-electron chi connectivity index (χ1n) is 4.44. The van der Waals surface area contributed by atoms with Crippen molar-refractivity contribution in [1.82, 2.24) is 4.98 Å². The fourth-order valence-corrected chi connectivity index (χ4v) is 1.03. The molecule has 0 aliphatic rings. The van der Waals surface area contributed by atoms with Gasteiger partial charge < -0.3 is 10.8 Å². The standard InChI is InChI=1S/C9H7N.C2H5NO2/c1-2-4-9-7-10-6-5-8(9)3-1;3-1-2(4)5/h1-7H;1,3H2,(H,4,5). The Labute approximate surface area is 87.4 Å². The highest BCUT2D eigenvalue weighted by atomic mass is 16.4. The minimum atomic E-state index is -0.968. The third-order valence-electron chi connectivity index (χ3n) is 1.72. The first-order valence-corrected chi connectivity index (χ1v) is 4.44. The molecule has 0 atom stereocenters. The average molecular weight is 204 g/mol. The minimum absolute atomic E-state index is 0.278. The van der Waals surface area contributed by atoms with Crippen molar-refractivity contribution in [3.05, 3.63) is 42.7 Å². The van der Waals surface area contributed by atoms with Crippen molar-refractivity contribution in [2.45, 2.75) is 0 Å². The van der Waals surface area contributed by atoms with E-state index in [1.807, 2.05) is 30.6 Å². The van der Waals surface area contributed by atoms with Crippen molar-refractivity contribution in [2.75, 3.05) is 6.54 Å². The predicted molar refractivity (Wildman–Crippen MR) is 58.4 cm³/mol. The Morgan fingerprint density at radius 3 is 2.40 bits per heavy atom. The van der Waals surface area contributed by atoms with Crippen LogP contribution in [0.2, 0.25) is 0 Å². The molecule has 78 valence electrons. The number of pyridine rings is 1. The van der Waals surface area contributed by atoms with E-state index in [2.05, 4.69) is 22.9 Å². The first-order chi connectivity index (χ1) is 7.24. The van der Waals surface area contributed by atoms with E-state index < -0.39 is 5.97 Å². The number of benzene rings is 1. The Kier molecular flexibility index (Phi) is 4.25. The molecular formula is C11H12N2O2. The molecule has 0 fully saturated rings. The lowest BCUT2D eigenvalue weighted by molar-refractivity contribution is -0.135. The normalized spacial score (nSPS) is 9.13. The van der Waals surface area contributed by atoms with Gasteiger partial charge in [0.2, 0.25) is 0 Å². The van der Waals surface area contributed by atoms with E-state index in [0.29, 0.717) is 0 Å². The van der Waals surface area contributed by atoms with Gasteiger partial charge in [0.25, 0.3) is 0 Å². The Hall–Kier alpha value is -1.94. The molecule has 1 heterocycles. The molecule has 1 aromatic heterocycles. The van der Waals surface area contributed by atoms with Crippen LogP contribution in [0.1, 0.15) is 0 Å². The monoisotopic (exact) mass is 204 g/mol. The highest BCUT2D eigenvalue weighted by Crippen LogP contribution is 2.09. The molecule has 1 aromatic carbocycles. The van der Waals surface area contributed by atoms with E-state index in [1.54, 1.807) is 0 Å². The highest BCUT2D eigenvalue weighted by Gasteiger charge is 1.86. The van der Waals surface area contributed by atoms with Gasteiger partial charge in [-0.15, -0.1) is 0 Å². The number of hydrogen-bond donors (Lipinski definition) is 2. The average Bonchev–Trinajstić information content (AvgIpc) is 2.30. The highest BCUT2D eigenvalue weighted by molar-refractivity contribution is 5.80. The van der Waals surface area contributed by atoms with Gasteiger partial charge in [0, 0.05) is 12.4 Å². The van der Waals surface area contributed by atoms with Crippen LogP contribution >= 0.6 is 0 Å². The van der Waals surface area contributed by atoms with Gasteiger partial charge in [-0.2, -0.15) is 0 Å². The first kappa shape index (κ1) is 11.1. The molecule has 4 heteroatoms. The lowest BCUT2D eigenvalue weighted by Gasteiger charge is -1.91. The van der Waals surface area contributed by atoms with Crippen LogP contribution in [0.15, 0.2) is 42.7 Å². The Balaban J connectivity index is 0.000000195. The van der Waals surface area contributed by atoms with Crippen LogP contribution in [0.3, 0.4) is 0 Å². The third kappa shape index (κ3) is 3.74. The number of fused-ring (bicyclic) bond motifs is 1. The van der Waals surface area contributed by atoms with Crippen LogP contribution in [0, 0.1) is 0 Å². The molecule has 3 N–H and O–H groups in total. The van der Waals surface area contributed by atoms with Gasteiger partial charge in [-0.1, -0.05) is 24.3 Å². The summed E-state index contributed by atoms with van der Waals surface area (Å²) in [7, 11) is 0. The molecule has 0 radical (unpaired) electrons. The molecule has 0 saturated heterocycles. The van der Waals surface area contributed by atoms with Crippen molar-refractivity contribution in [3.63, 3.8) is 0 Å². The van der Waals surface area contributed by atoms with Crippen molar-refractivity contribution >= 4 is 16.7 Å². The second kappa shape index (κ2) is 5.72. The lowest BCUT2D eigenvalue weighted by atomic mass is 10.2. The summed E-state index contributed by atoms with van der Waals surface area (Å²) in [5.74, 6) is -0.968. The summed E-state index contributed by atoms with van der Waals surface area (Å²) >= 11 is 0. The molecule has 2 aromatic rings. The van der Waals surface area contributed by atoms with E-state index in [4.69, 9.17) is 5.11 Å². The second-order valence-corrected chi connectivity index (χ2v) is 2.82. The van der Waals surface area contributed by atoms with Crippen LogP contribution in [-0.4, -0.2) is 22.6 Å². The summed E-state index contributed by atoms with van der Waals surface area (Å²) in [6.07, 6.45) is 3.68. The number of aliphatic carboxylic acids is 1. The minimum Gasteiger partial charge on any atom is -0.480 e. The molecule has 0 spiro atoms. The van der Waals surface area contributed by atoms with E-state index in [-0.39, 0.29) is 6.54 Å². The Morgan fingerprint density at radius 2 is 1.87 bits per heavy atom. The molecule has 0 aliphatic carbocycles. The van der Waals surface area contributed by atoms with E-state index in [1.165, 1.54) is 10.8 Å². The Bertz CT molecular complexity index is 378. The summed E-state index contributed by atoms with van der Waals surface area (Å²) in [4.78, 5) is 13.3. The molecule has 15 heavy (non-hydrogen) atoms. The molecule has 0 amide bonds. The van der Waals surface area contributed by atoms with Gasteiger partial charge in [-0.05, 0) is 16.8 Å². The number of carboxylic acids is 1. The fraction of sp³-hybridized carbons (Fsp3) is 0.0909. The van der Waals surface area contributed by atoms with Crippen molar-refractivity contribution in [3.8, 4) is 0 Å². The van der Waals surface area contributed by atoms with E-state index in [9.17, 15) is 4.79 Å². The quantitative estimate of drug-likeness (QED) is 0.733. The molecule has 0 unspecified atom stereocenters. The Morgan fingerprint density at radius 1 is 1.27 bits per heavy atom. The van der Waals surface area contributed by atoms with E-state index in [0.717, 1.165) is 0 Å².